The Bertz CT molecular complexity index is 300. The molecule has 0 radical (unpaired) electrons. The summed E-state index contributed by atoms with van der Waals surface area (Å²) >= 11 is 0. The van der Waals surface area contributed by atoms with Crippen molar-refractivity contribution >= 4 is 0 Å². The lowest BCUT2D eigenvalue weighted by Crippen LogP contribution is -2.18. The normalized spacial score (nSPS) is 11.6. The highest BCUT2D eigenvalue weighted by molar-refractivity contribution is 5.03. The molecule has 1 aromatic rings. The van der Waals surface area contributed by atoms with E-state index in [0.29, 0.717) is 5.92 Å². The zero-order valence-corrected chi connectivity index (χ0v) is 11.7. The third-order valence-electron chi connectivity index (χ3n) is 3.17. The Morgan fingerprint density at radius 3 is 2.59 bits per heavy atom. The summed E-state index contributed by atoms with van der Waals surface area (Å²) in [5, 5.41) is 7.87. The SMILES string of the molecule is CCC(CC)Cn1cc(CNCC(C)C)cn1. The van der Waals surface area contributed by atoms with E-state index in [1.165, 1.54) is 18.4 Å². The van der Waals surface area contributed by atoms with Crippen LogP contribution in [-0.2, 0) is 13.1 Å². The van der Waals surface area contributed by atoms with Crippen molar-refractivity contribution in [2.75, 3.05) is 6.54 Å². The Balaban J connectivity index is 2.37. The average Bonchev–Trinajstić information content (AvgIpc) is 2.73. The largest absolute Gasteiger partial charge is 0.312 e. The summed E-state index contributed by atoms with van der Waals surface area (Å²) in [7, 11) is 0. The molecule has 0 aliphatic heterocycles. The molecule has 0 saturated heterocycles. The maximum absolute atomic E-state index is 4.43. The number of nitrogens with one attached hydrogen (secondary N) is 1. The topological polar surface area (TPSA) is 29.9 Å². The van der Waals surface area contributed by atoms with E-state index in [-0.39, 0.29) is 0 Å². The van der Waals surface area contributed by atoms with Gasteiger partial charge in [0.15, 0.2) is 0 Å². The summed E-state index contributed by atoms with van der Waals surface area (Å²) in [4.78, 5) is 0. The molecule has 0 amide bonds. The lowest BCUT2D eigenvalue weighted by atomic mass is 10.0. The second kappa shape index (κ2) is 7.49. The van der Waals surface area contributed by atoms with Crippen molar-refractivity contribution in [1.29, 1.82) is 0 Å². The van der Waals surface area contributed by atoms with Crippen molar-refractivity contribution in [3.05, 3.63) is 18.0 Å². The fourth-order valence-electron chi connectivity index (χ4n) is 1.91. The van der Waals surface area contributed by atoms with Crippen molar-refractivity contribution in [2.45, 2.75) is 53.6 Å². The van der Waals surface area contributed by atoms with E-state index in [0.717, 1.165) is 25.6 Å². The van der Waals surface area contributed by atoms with Gasteiger partial charge in [-0.1, -0.05) is 40.5 Å². The summed E-state index contributed by atoms with van der Waals surface area (Å²) in [6.45, 7) is 12.0. The standard InChI is InChI=1S/C14H27N3/c1-5-13(6-2)10-17-11-14(9-16-17)8-15-7-12(3)4/h9,11-13,15H,5-8,10H2,1-4H3. The molecule has 0 unspecified atom stereocenters. The van der Waals surface area contributed by atoms with Gasteiger partial charge in [-0.3, -0.25) is 4.68 Å². The van der Waals surface area contributed by atoms with Crippen LogP contribution in [0.1, 0.15) is 46.1 Å². The van der Waals surface area contributed by atoms with Crippen LogP contribution in [0.25, 0.3) is 0 Å². The molecule has 0 aliphatic carbocycles. The highest BCUT2D eigenvalue weighted by Gasteiger charge is 2.06. The van der Waals surface area contributed by atoms with Gasteiger partial charge in [0.25, 0.3) is 0 Å². The minimum Gasteiger partial charge on any atom is -0.312 e. The number of nitrogens with zero attached hydrogens (tertiary/aromatic N) is 2. The number of aromatic nitrogens is 2. The molecule has 0 aromatic carbocycles. The number of rotatable bonds is 8. The van der Waals surface area contributed by atoms with Crippen molar-refractivity contribution in [2.24, 2.45) is 11.8 Å². The first-order chi connectivity index (χ1) is 8.15. The van der Waals surface area contributed by atoms with Crippen molar-refractivity contribution in [3.63, 3.8) is 0 Å². The van der Waals surface area contributed by atoms with Crippen LogP contribution in [0, 0.1) is 11.8 Å². The minimum absolute atomic E-state index is 0.703. The zero-order valence-electron chi connectivity index (χ0n) is 11.7. The van der Waals surface area contributed by atoms with Gasteiger partial charge in [-0.05, 0) is 18.4 Å². The van der Waals surface area contributed by atoms with Crippen LogP contribution in [0.15, 0.2) is 12.4 Å². The van der Waals surface area contributed by atoms with Crippen LogP contribution in [-0.4, -0.2) is 16.3 Å². The smallest absolute Gasteiger partial charge is 0.0534 e. The fourth-order valence-corrected chi connectivity index (χ4v) is 1.91. The van der Waals surface area contributed by atoms with Gasteiger partial charge >= 0.3 is 0 Å². The van der Waals surface area contributed by atoms with Gasteiger partial charge in [0.2, 0.25) is 0 Å². The maximum Gasteiger partial charge on any atom is 0.0534 e. The van der Waals surface area contributed by atoms with Crippen molar-refractivity contribution in [3.8, 4) is 0 Å². The van der Waals surface area contributed by atoms with E-state index in [4.69, 9.17) is 0 Å². The van der Waals surface area contributed by atoms with Crippen LogP contribution >= 0.6 is 0 Å². The molecule has 0 bridgehead atoms. The molecule has 17 heavy (non-hydrogen) atoms. The molecule has 0 fully saturated rings. The fraction of sp³-hybridized carbons (Fsp3) is 0.786. The first-order valence-electron chi connectivity index (χ1n) is 6.87. The summed E-state index contributed by atoms with van der Waals surface area (Å²) in [5.74, 6) is 1.46. The molecule has 0 aliphatic rings. The average molecular weight is 237 g/mol. The van der Waals surface area contributed by atoms with Crippen LogP contribution < -0.4 is 5.32 Å². The Kier molecular flexibility index (Phi) is 6.27. The third kappa shape index (κ3) is 5.35. The molecule has 1 rings (SSSR count). The van der Waals surface area contributed by atoms with Crippen molar-refractivity contribution < 1.29 is 0 Å². The Hall–Kier alpha value is -0.830. The first kappa shape index (κ1) is 14.2. The second-order valence-electron chi connectivity index (χ2n) is 5.28. The van der Waals surface area contributed by atoms with E-state index in [1.54, 1.807) is 0 Å². The van der Waals surface area contributed by atoms with Crippen LogP contribution in [0.4, 0.5) is 0 Å². The van der Waals surface area contributed by atoms with Crippen molar-refractivity contribution in [1.82, 2.24) is 15.1 Å². The highest BCUT2D eigenvalue weighted by Crippen LogP contribution is 2.10. The van der Waals surface area contributed by atoms with E-state index in [2.05, 4.69) is 49.0 Å². The first-order valence-corrected chi connectivity index (χ1v) is 6.87. The summed E-state index contributed by atoms with van der Waals surface area (Å²) < 4.78 is 2.09. The van der Waals surface area contributed by atoms with Gasteiger partial charge < -0.3 is 5.32 Å². The van der Waals surface area contributed by atoms with E-state index >= 15 is 0 Å². The summed E-state index contributed by atoms with van der Waals surface area (Å²) in [6.07, 6.45) is 6.62. The molecule has 3 heteroatoms. The van der Waals surface area contributed by atoms with Gasteiger partial charge in [0.1, 0.15) is 0 Å². The molecule has 1 heterocycles. The predicted octanol–water partition coefficient (Wildman–Crippen LogP) is 3.06. The van der Waals surface area contributed by atoms with Crippen LogP contribution in [0.5, 0.6) is 0 Å². The molecule has 98 valence electrons. The van der Waals surface area contributed by atoms with E-state index in [1.807, 2.05) is 6.20 Å². The van der Waals surface area contributed by atoms with Crippen LogP contribution in [0.3, 0.4) is 0 Å². The monoisotopic (exact) mass is 237 g/mol. The predicted molar refractivity (Wildman–Crippen MR) is 72.8 cm³/mol. The van der Waals surface area contributed by atoms with Gasteiger partial charge in [-0.25, -0.2) is 0 Å². The lowest BCUT2D eigenvalue weighted by molar-refractivity contribution is 0.395. The summed E-state index contributed by atoms with van der Waals surface area (Å²) in [5.41, 5.74) is 1.29. The molecule has 0 saturated carbocycles. The Labute approximate surface area is 106 Å². The van der Waals surface area contributed by atoms with Gasteiger partial charge in [-0.2, -0.15) is 5.10 Å². The molecule has 1 aromatic heterocycles. The van der Waals surface area contributed by atoms with E-state index in [9.17, 15) is 0 Å². The molecule has 1 N–H and O–H groups in total. The van der Waals surface area contributed by atoms with Gasteiger partial charge in [0, 0.05) is 24.8 Å². The quantitative estimate of drug-likeness (QED) is 0.753. The molecular weight excluding hydrogens is 210 g/mol. The minimum atomic E-state index is 0.703. The maximum atomic E-state index is 4.43. The molecule has 0 atom stereocenters. The van der Waals surface area contributed by atoms with Gasteiger partial charge in [-0.15, -0.1) is 0 Å². The number of hydrogen-bond acceptors (Lipinski definition) is 2. The second-order valence-corrected chi connectivity index (χ2v) is 5.28. The molecule has 3 nitrogen and oxygen atoms in total. The molecular formula is C14H27N3. The lowest BCUT2D eigenvalue weighted by Gasteiger charge is -2.11. The number of hydrogen-bond donors (Lipinski definition) is 1. The highest BCUT2D eigenvalue weighted by atomic mass is 15.3. The third-order valence-corrected chi connectivity index (χ3v) is 3.17. The molecule has 0 spiro atoms. The Morgan fingerprint density at radius 2 is 2.00 bits per heavy atom. The van der Waals surface area contributed by atoms with Gasteiger partial charge in [0.05, 0.1) is 6.20 Å². The zero-order chi connectivity index (χ0) is 12.7. The summed E-state index contributed by atoms with van der Waals surface area (Å²) in [6, 6.07) is 0. The Morgan fingerprint density at radius 1 is 1.29 bits per heavy atom. The van der Waals surface area contributed by atoms with Crippen LogP contribution in [0.2, 0.25) is 0 Å². The van der Waals surface area contributed by atoms with E-state index < -0.39 is 0 Å².